The Balaban J connectivity index is 1.77. The van der Waals surface area contributed by atoms with Crippen LogP contribution in [-0.4, -0.2) is 45.7 Å². The van der Waals surface area contributed by atoms with Crippen LogP contribution < -0.4 is 4.90 Å². The highest BCUT2D eigenvalue weighted by atomic mass is 15.6. The number of benzene rings is 2. The van der Waals surface area contributed by atoms with Gasteiger partial charge in [-0.15, -0.1) is 5.10 Å². The van der Waals surface area contributed by atoms with Crippen LogP contribution >= 0.6 is 0 Å². The maximum absolute atomic E-state index is 4.50. The molecule has 0 saturated heterocycles. The lowest BCUT2D eigenvalue weighted by Crippen LogP contribution is -2.38. The Morgan fingerprint density at radius 2 is 1.66 bits per heavy atom. The average molecular weight is 391 g/mol. The summed E-state index contributed by atoms with van der Waals surface area (Å²) >= 11 is 0. The van der Waals surface area contributed by atoms with E-state index in [9.17, 15) is 0 Å². The molecule has 0 radical (unpaired) electrons. The van der Waals surface area contributed by atoms with Crippen molar-refractivity contribution in [2.75, 3.05) is 25.5 Å². The summed E-state index contributed by atoms with van der Waals surface area (Å²) in [6.45, 7) is 8.31. The molecule has 0 aliphatic carbocycles. The third kappa shape index (κ3) is 3.90. The van der Waals surface area contributed by atoms with E-state index in [1.54, 1.807) is 0 Å². The molecule has 0 bridgehead atoms. The molecule has 29 heavy (non-hydrogen) atoms. The van der Waals surface area contributed by atoms with Gasteiger partial charge in [-0.25, -0.2) is 4.68 Å². The first-order valence-corrected chi connectivity index (χ1v) is 10.2. The van der Waals surface area contributed by atoms with Crippen LogP contribution in [0.2, 0.25) is 0 Å². The summed E-state index contributed by atoms with van der Waals surface area (Å²) in [6, 6.07) is 17.5. The number of rotatable bonds is 4. The zero-order valence-corrected chi connectivity index (χ0v) is 18.0. The molecule has 2 heterocycles. The number of tetrazole rings is 1. The number of hydrogen-bond donors (Lipinski definition) is 0. The molecule has 1 atom stereocenters. The second-order valence-electron chi connectivity index (χ2n) is 9.00. The topological polar surface area (TPSA) is 50.1 Å². The second-order valence-corrected chi connectivity index (χ2v) is 9.00. The number of hydrogen-bond acceptors (Lipinski definition) is 5. The zero-order valence-electron chi connectivity index (χ0n) is 18.0. The Hall–Kier alpha value is -2.73. The summed E-state index contributed by atoms with van der Waals surface area (Å²) in [6.07, 6.45) is 1.04. The van der Waals surface area contributed by atoms with Crippen molar-refractivity contribution in [3.05, 3.63) is 71.0 Å². The fourth-order valence-corrected chi connectivity index (χ4v) is 4.06. The third-order valence-electron chi connectivity index (χ3n) is 5.62. The third-order valence-corrected chi connectivity index (χ3v) is 5.62. The average Bonchev–Trinajstić information content (AvgIpc) is 3.18. The normalized spacial score (nSPS) is 15.8. The minimum Gasteiger partial charge on any atom is -0.378 e. The van der Waals surface area contributed by atoms with Gasteiger partial charge in [0, 0.05) is 32.9 Å². The minimum atomic E-state index is -0.186. The lowest BCUT2D eigenvalue weighted by molar-refractivity contribution is 0.185. The number of fused-ring (bicyclic) bond motifs is 1. The summed E-state index contributed by atoms with van der Waals surface area (Å²) in [7, 11) is 4.13. The van der Waals surface area contributed by atoms with E-state index >= 15 is 0 Å². The van der Waals surface area contributed by atoms with Crippen molar-refractivity contribution in [3.63, 3.8) is 0 Å². The molecule has 0 spiro atoms. The molecular weight excluding hydrogens is 360 g/mol. The van der Waals surface area contributed by atoms with E-state index in [0.29, 0.717) is 0 Å². The van der Waals surface area contributed by atoms with Crippen LogP contribution in [0.3, 0.4) is 0 Å². The fraction of sp³-hybridized carbons (Fsp3) is 0.435. The first kappa shape index (κ1) is 19.6. The lowest BCUT2D eigenvalue weighted by Gasteiger charge is -2.36. The maximum Gasteiger partial charge on any atom is 0.173 e. The van der Waals surface area contributed by atoms with E-state index < -0.39 is 0 Å². The monoisotopic (exact) mass is 390 g/mol. The predicted molar refractivity (Wildman–Crippen MR) is 116 cm³/mol. The molecule has 1 aromatic heterocycles. The summed E-state index contributed by atoms with van der Waals surface area (Å²) in [5.41, 5.74) is 5.06. The lowest BCUT2D eigenvalue weighted by atomic mass is 9.95. The van der Waals surface area contributed by atoms with Crippen molar-refractivity contribution < 1.29 is 0 Å². The van der Waals surface area contributed by atoms with Gasteiger partial charge in [0.2, 0.25) is 0 Å². The molecular formula is C23H30N6. The Labute approximate surface area is 173 Å². The van der Waals surface area contributed by atoms with Crippen LogP contribution in [0, 0.1) is 0 Å². The molecule has 152 valence electrons. The largest absolute Gasteiger partial charge is 0.378 e. The predicted octanol–water partition coefficient (Wildman–Crippen LogP) is 3.64. The Morgan fingerprint density at radius 3 is 2.31 bits per heavy atom. The van der Waals surface area contributed by atoms with Crippen LogP contribution in [0.4, 0.5) is 5.69 Å². The Morgan fingerprint density at radius 1 is 0.966 bits per heavy atom. The van der Waals surface area contributed by atoms with Gasteiger partial charge in [-0.1, -0.05) is 36.4 Å². The molecule has 0 fully saturated rings. The molecule has 0 N–H and O–H groups in total. The Kier molecular flexibility index (Phi) is 5.13. The SMILES string of the molecule is CN(C)c1ccc([C@H](c2nnnn2C(C)(C)C)N2CCc3ccccc3C2)cc1. The van der Waals surface area contributed by atoms with Gasteiger partial charge in [0.1, 0.15) is 0 Å². The van der Waals surface area contributed by atoms with Gasteiger partial charge < -0.3 is 4.90 Å². The molecule has 3 aromatic rings. The number of anilines is 1. The van der Waals surface area contributed by atoms with Crippen molar-refractivity contribution >= 4 is 5.69 Å². The van der Waals surface area contributed by atoms with E-state index in [1.807, 2.05) is 4.68 Å². The first-order chi connectivity index (χ1) is 13.8. The summed E-state index contributed by atoms with van der Waals surface area (Å²) < 4.78 is 1.97. The molecule has 1 aliphatic heterocycles. The van der Waals surface area contributed by atoms with E-state index in [-0.39, 0.29) is 11.6 Å². The fourth-order valence-electron chi connectivity index (χ4n) is 4.06. The number of aromatic nitrogens is 4. The van der Waals surface area contributed by atoms with Gasteiger partial charge in [-0.2, -0.15) is 0 Å². The van der Waals surface area contributed by atoms with Crippen molar-refractivity contribution in [1.82, 2.24) is 25.1 Å². The smallest absolute Gasteiger partial charge is 0.173 e. The quantitative estimate of drug-likeness (QED) is 0.681. The molecule has 0 unspecified atom stereocenters. The Bertz CT molecular complexity index is 968. The highest BCUT2D eigenvalue weighted by Gasteiger charge is 2.33. The van der Waals surface area contributed by atoms with Gasteiger partial charge in [-0.3, -0.25) is 4.90 Å². The van der Waals surface area contributed by atoms with Crippen molar-refractivity contribution in [2.24, 2.45) is 0 Å². The van der Waals surface area contributed by atoms with E-state index in [2.05, 4.69) is 109 Å². The van der Waals surface area contributed by atoms with Gasteiger partial charge in [0.25, 0.3) is 0 Å². The van der Waals surface area contributed by atoms with Crippen molar-refractivity contribution in [1.29, 1.82) is 0 Å². The summed E-state index contributed by atoms with van der Waals surface area (Å²) in [5, 5.41) is 12.9. The minimum absolute atomic E-state index is 0.00814. The van der Waals surface area contributed by atoms with Crippen LogP contribution in [0.25, 0.3) is 0 Å². The molecule has 6 heteroatoms. The van der Waals surface area contributed by atoms with Gasteiger partial charge >= 0.3 is 0 Å². The highest BCUT2D eigenvalue weighted by Crippen LogP contribution is 2.34. The van der Waals surface area contributed by atoms with Gasteiger partial charge in [0.05, 0.1) is 11.6 Å². The van der Waals surface area contributed by atoms with E-state index in [4.69, 9.17) is 0 Å². The van der Waals surface area contributed by atoms with Crippen molar-refractivity contribution in [2.45, 2.75) is 45.3 Å². The number of nitrogens with zero attached hydrogens (tertiary/aromatic N) is 6. The molecule has 2 aromatic carbocycles. The van der Waals surface area contributed by atoms with Gasteiger partial charge in [-0.05, 0) is 66.4 Å². The highest BCUT2D eigenvalue weighted by molar-refractivity contribution is 5.47. The zero-order chi connectivity index (χ0) is 20.6. The second kappa shape index (κ2) is 7.59. The van der Waals surface area contributed by atoms with E-state index in [0.717, 1.165) is 25.3 Å². The van der Waals surface area contributed by atoms with Crippen LogP contribution in [0.5, 0.6) is 0 Å². The molecule has 0 saturated carbocycles. The van der Waals surface area contributed by atoms with E-state index in [1.165, 1.54) is 22.4 Å². The van der Waals surface area contributed by atoms with Gasteiger partial charge in [0.15, 0.2) is 5.82 Å². The van der Waals surface area contributed by atoms with Crippen LogP contribution in [-0.2, 0) is 18.5 Å². The first-order valence-electron chi connectivity index (χ1n) is 10.2. The standard InChI is InChI=1S/C23H30N6/c1-23(2,3)29-22(24-25-26-29)21(18-10-12-20(13-11-18)27(4)5)28-15-14-17-8-6-7-9-19(17)16-28/h6-13,21H,14-16H2,1-5H3/t21-/m1/s1. The maximum atomic E-state index is 4.50. The van der Waals surface area contributed by atoms with Crippen LogP contribution in [0.1, 0.15) is 49.3 Å². The summed E-state index contributed by atoms with van der Waals surface area (Å²) in [4.78, 5) is 4.62. The molecule has 6 nitrogen and oxygen atoms in total. The molecule has 0 amide bonds. The molecule has 1 aliphatic rings. The molecule has 4 rings (SSSR count). The van der Waals surface area contributed by atoms with Crippen LogP contribution in [0.15, 0.2) is 48.5 Å². The summed E-state index contributed by atoms with van der Waals surface area (Å²) in [5.74, 6) is 0.898. The van der Waals surface area contributed by atoms with Crippen molar-refractivity contribution in [3.8, 4) is 0 Å².